The Morgan fingerprint density at radius 1 is 1.40 bits per heavy atom. The molecule has 1 aliphatic heterocycles. The number of rotatable bonds is 5. The molecule has 0 aromatic carbocycles. The zero-order chi connectivity index (χ0) is 10.7. The second-order valence-corrected chi connectivity index (χ2v) is 4.40. The average Bonchev–Trinajstić information content (AvgIpc) is 2.96. The fraction of sp³-hybridized carbons (Fsp3) is 0.909. The van der Waals surface area contributed by atoms with Crippen LogP contribution in [0.5, 0.6) is 0 Å². The predicted molar refractivity (Wildman–Crippen MR) is 57.6 cm³/mol. The van der Waals surface area contributed by atoms with Gasteiger partial charge in [0.25, 0.3) is 0 Å². The molecule has 86 valence electrons. The molecule has 0 aromatic rings. The van der Waals surface area contributed by atoms with E-state index in [2.05, 4.69) is 10.6 Å². The van der Waals surface area contributed by atoms with Crippen LogP contribution in [-0.4, -0.2) is 37.7 Å². The van der Waals surface area contributed by atoms with Gasteiger partial charge < -0.3 is 15.4 Å². The SMILES string of the molecule is CCNC(=O)CNC1CCOC1C1CC1. The largest absolute Gasteiger partial charge is 0.376 e. The monoisotopic (exact) mass is 212 g/mol. The van der Waals surface area contributed by atoms with Crippen molar-refractivity contribution in [1.29, 1.82) is 0 Å². The number of likely N-dealkylation sites (N-methyl/N-ethyl adjacent to an activating group) is 1. The normalized spacial score (nSPS) is 30.5. The molecule has 2 atom stereocenters. The number of amides is 1. The lowest BCUT2D eigenvalue weighted by Gasteiger charge is -2.19. The summed E-state index contributed by atoms with van der Waals surface area (Å²) in [5, 5.41) is 6.09. The van der Waals surface area contributed by atoms with E-state index in [1.807, 2.05) is 6.92 Å². The van der Waals surface area contributed by atoms with Gasteiger partial charge in [0, 0.05) is 19.2 Å². The summed E-state index contributed by atoms with van der Waals surface area (Å²) in [6.07, 6.45) is 3.99. The van der Waals surface area contributed by atoms with Crippen molar-refractivity contribution in [3.63, 3.8) is 0 Å². The Morgan fingerprint density at radius 2 is 2.20 bits per heavy atom. The maximum Gasteiger partial charge on any atom is 0.233 e. The Labute approximate surface area is 90.8 Å². The van der Waals surface area contributed by atoms with Crippen LogP contribution < -0.4 is 10.6 Å². The first kappa shape index (κ1) is 10.9. The Bertz CT molecular complexity index is 229. The quantitative estimate of drug-likeness (QED) is 0.688. The van der Waals surface area contributed by atoms with Crippen molar-refractivity contribution in [2.75, 3.05) is 19.7 Å². The number of carbonyl (C=O) groups is 1. The molecule has 4 nitrogen and oxygen atoms in total. The second kappa shape index (κ2) is 4.94. The zero-order valence-corrected chi connectivity index (χ0v) is 9.29. The van der Waals surface area contributed by atoms with Crippen LogP contribution in [0.15, 0.2) is 0 Å². The number of nitrogens with one attached hydrogen (secondary N) is 2. The first-order chi connectivity index (χ1) is 7.31. The molecule has 1 saturated heterocycles. The maximum atomic E-state index is 11.3. The number of hydrogen-bond donors (Lipinski definition) is 2. The summed E-state index contributed by atoms with van der Waals surface area (Å²) in [4.78, 5) is 11.3. The summed E-state index contributed by atoms with van der Waals surface area (Å²) >= 11 is 0. The second-order valence-electron chi connectivity index (χ2n) is 4.40. The minimum atomic E-state index is 0.0824. The molecule has 2 fully saturated rings. The van der Waals surface area contributed by atoms with Crippen molar-refractivity contribution in [2.45, 2.75) is 38.3 Å². The van der Waals surface area contributed by atoms with Crippen molar-refractivity contribution in [3.05, 3.63) is 0 Å². The van der Waals surface area contributed by atoms with Gasteiger partial charge in [0.1, 0.15) is 0 Å². The Hall–Kier alpha value is -0.610. The Balaban J connectivity index is 1.71. The summed E-state index contributed by atoms with van der Waals surface area (Å²) < 4.78 is 5.69. The van der Waals surface area contributed by atoms with Crippen LogP contribution in [0.3, 0.4) is 0 Å². The highest BCUT2D eigenvalue weighted by Crippen LogP contribution is 2.38. The first-order valence-electron chi connectivity index (χ1n) is 5.93. The summed E-state index contributed by atoms with van der Waals surface area (Å²) in [7, 11) is 0. The van der Waals surface area contributed by atoms with E-state index in [4.69, 9.17) is 4.74 Å². The molecule has 1 heterocycles. The van der Waals surface area contributed by atoms with Gasteiger partial charge in [-0.1, -0.05) is 0 Å². The Kier molecular flexibility index (Phi) is 3.59. The van der Waals surface area contributed by atoms with Gasteiger partial charge in [-0.2, -0.15) is 0 Å². The zero-order valence-electron chi connectivity index (χ0n) is 9.29. The Morgan fingerprint density at radius 3 is 2.87 bits per heavy atom. The van der Waals surface area contributed by atoms with Crippen molar-refractivity contribution in [3.8, 4) is 0 Å². The van der Waals surface area contributed by atoms with E-state index in [0.717, 1.165) is 18.9 Å². The highest BCUT2D eigenvalue weighted by atomic mass is 16.5. The van der Waals surface area contributed by atoms with Gasteiger partial charge in [0.05, 0.1) is 12.6 Å². The molecular weight excluding hydrogens is 192 g/mol. The number of ether oxygens (including phenoxy) is 1. The third kappa shape index (κ3) is 2.92. The van der Waals surface area contributed by atoms with Crippen molar-refractivity contribution < 1.29 is 9.53 Å². The molecule has 4 heteroatoms. The van der Waals surface area contributed by atoms with E-state index in [-0.39, 0.29) is 5.91 Å². The van der Waals surface area contributed by atoms with E-state index < -0.39 is 0 Å². The van der Waals surface area contributed by atoms with Gasteiger partial charge in [0.15, 0.2) is 0 Å². The van der Waals surface area contributed by atoms with Crippen LogP contribution in [0.4, 0.5) is 0 Å². The summed E-state index contributed by atoms with van der Waals surface area (Å²) in [6, 6.07) is 0.389. The van der Waals surface area contributed by atoms with Crippen molar-refractivity contribution in [1.82, 2.24) is 10.6 Å². The highest BCUT2D eigenvalue weighted by Gasteiger charge is 2.40. The van der Waals surface area contributed by atoms with E-state index in [0.29, 0.717) is 25.2 Å². The third-order valence-electron chi connectivity index (χ3n) is 3.12. The third-order valence-corrected chi connectivity index (χ3v) is 3.12. The average molecular weight is 212 g/mol. The first-order valence-corrected chi connectivity index (χ1v) is 5.93. The minimum Gasteiger partial charge on any atom is -0.376 e. The molecule has 2 N–H and O–H groups in total. The predicted octanol–water partition coefficient (Wildman–Crippen LogP) is 0.280. The lowest BCUT2D eigenvalue weighted by molar-refractivity contribution is -0.120. The van der Waals surface area contributed by atoms with E-state index in [1.54, 1.807) is 0 Å². The van der Waals surface area contributed by atoms with Crippen LogP contribution in [0.2, 0.25) is 0 Å². The standard InChI is InChI=1S/C11H20N2O2/c1-2-12-10(14)7-13-9-5-6-15-11(9)8-3-4-8/h8-9,11,13H,2-7H2,1H3,(H,12,14). The van der Waals surface area contributed by atoms with E-state index in [9.17, 15) is 4.79 Å². The molecule has 1 amide bonds. The lowest BCUT2D eigenvalue weighted by Crippen LogP contribution is -2.43. The van der Waals surface area contributed by atoms with Crippen LogP contribution in [0, 0.1) is 5.92 Å². The lowest BCUT2D eigenvalue weighted by atomic mass is 10.1. The molecule has 0 bridgehead atoms. The van der Waals surface area contributed by atoms with Crippen LogP contribution >= 0.6 is 0 Å². The van der Waals surface area contributed by atoms with Gasteiger partial charge in [0.2, 0.25) is 5.91 Å². The highest BCUT2D eigenvalue weighted by molar-refractivity contribution is 5.77. The summed E-state index contributed by atoms with van der Waals surface area (Å²) in [6.45, 7) is 3.90. The molecule has 1 saturated carbocycles. The van der Waals surface area contributed by atoms with Gasteiger partial charge in [-0.3, -0.25) is 4.79 Å². The fourth-order valence-electron chi connectivity index (χ4n) is 2.20. The smallest absolute Gasteiger partial charge is 0.233 e. The van der Waals surface area contributed by atoms with Crippen molar-refractivity contribution in [2.24, 2.45) is 5.92 Å². The fourth-order valence-corrected chi connectivity index (χ4v) is 2.20. The van der Waals surface area contributed by atoms with Gasteiger partial charge >= 0.3 is 0 Å². The van der Waals surface area contributed by atoms with E-state index >= 15 is 0 Å². The minimum absolute atomic E-state index is 0.0824. The van der Waals surface area contributed by atoms with Crippen molar-refractivity contribution >= 4 is 5.91 Å². The van der Waals surface area contributed by atoms with Crippen LogP contribution in [0.25, 0.3) is 0 Å². The maximum absolute atomic E-state index is 11.3. The van der Waals surface area contributed by atoms with E-state index in [1.165, 1.54) is 12.8 Å². The number of hydrogen-bond acceptors (Lipinski definition) is 3. The number of carbonyl (C=O) groups excluding carboxylic acids is 1. The molecule has 2 rings (SSSR count). The topological polar surface area (TPSA) is 50.4 Å². The molecule has 0 aromatic heterocycles. The molecule has 2 unspecified atom stereocenters. The summed E-state index contributed by atoms with van der Waals surface area (Å²) in [5.41, 5.74) is 0. The van der Waals surface area contributed by atoms with Crippen LogP contribution in [0.1, 0.15) is 26.2 Å². The van der Waals surface area contributed by atoms with Gasteiger partial charge in [-0.15, -0.1) is 0 Å². The van der Waals surface area contributed by atoms with Gasteiger partial charge in [-0.05, 0) is 32.1 Å². The van der Waals surface area contributed by atoms with Crippen LogP contribution in [-0.2, 0) is 9.53 Å². The molecule has 15 heavy (non-hydrogen) atoms. The molecule has 0 spiro atoms. The summed E-state index contributed by atoms with van der Waals surface area (Å²) in [5.74, 6) is 0.832. The van der Waals surface area contributed by atoms with Gasteiger partial charge in [-0.25, -0.2) is 0 Å². The molecule has 1 aliphatic carbocycles. The molecular formula is C11H20N2O2. The molecule has 2 aliphatic rings. The molecule has 0 radical (unpaired) electrons.